The van der Waals surface area contributed by atoms with E-state index in [2.05, 4.69) is 0 Å². The molecular weight excluding hydrogens is 309 g/mol. The van der Waals surface area contributed by atoms with Gasteiger partial charge in [0.15, 0.2) is 11.5 Å². The summed E-state index contributed by atoms with van der Waals surface area (Å²) in [5.74, 6) is -4.57. The van der Waals surface area contributed by atoms with Gasteiger partial charge in [0.2, 0.25) is 6.75 Å². The number of piperidine rings is 1. The molecule has 126 valence electrons. The van der Waals surface area contributed by atoms with Gasteiger partial charge in [0.25, 0.3) is 0 Å². The zero-order valence-corrected chi connectivity index (χ0v) is 12.3. The van der Waals surface area contributed by atoms with Gasteiger partial charge in [-0.25, -0.2) is 4.39 Å². The van der Waals surface area contributed by atoms with E-state index in [1.165, 1.54) is 12.1 Å². The monoisotopic (exact) mass is 339 g/mol. The van der Waals surface area contributed by atoms with Gasteiger partial charge in [-0.1, -0.05) is 12.1 Å². The molecule has 4 nitrogen and oxygen atoms in total. The van der Waals surface area contributed by atoms with E-state index in [-0.39, 0.29) is 22.8 Å². The summed E-state index contributed by atoms with van der Waals surface area (Å²) in [4.78, 5) is 0. The van der Waals surface area contributed by atoms with Crippen molar-refractivity contribution >= 4 is 0 Å². The van der Waals surface area contributed by atoms with Gasteiger partial charge in [-0.2, -0.15) is 0 Å². The summed E-state index contributed by atoms with van der Waals surface area (Å²) in [6, 6.07) is 7.96. The number of rotatable bonds is 4. The van der Waals surface area contributed by atoms with Crippen molar-refractivity contribution in [1.82, 2.24) is 5.32 Å². The van der Waals surface area contributed by atoms with Crippen molar-refractivity contribution in [1.29, 1.82) is 0 Å². The van der Waals surface area contributed by atoms with Crippen LogP contribution in [0.5, 0.6) is 17.2 Å². The van der Waals surface area contributed by atoms with E-state index in [4.69, 9.17) is 27.9 Å². The topological polar surface area (TPSA) is 39.7 Å². The lowest BCUT2D eigenvalue weighted by molar-refractivity contribution is 0.173. The molecule has 1 fully saturated rings. The molecule has 0 bridgehead atoms. The molecule has 5 heteroatoms. The molecule has 2 aromatic carbocycles. The highest BCUT2D eigenvalue weighted by Crippen LogP contribution is 2.36. The van der Waals surface area contributed by atoms with Crippen molar-refractivity contribution in [2.75, 3.05) is 26.3 Å². The molecule has 0 aromatic heterocycles. The Morgan fingerprint density at radius 1 is 1.21 bits per heavy atom. The summed E-state index contributed by atoms with van der Waals surface area (Å²) in [5.41, 5.74) is -0.0167. The first-order valence-electron chi connectivity index (χ1n) is 12.2. The van der Waals surface area contributed by atoms with Crippen LogP contribution in [0, 0.1) is 11.7 Å². The Bertz CT molecular complexity index is 1100. The fourth-order valence-electron chi connectivity index (χ4n) is 2.40. The number of ether oxygens (including phenoxy) is 3. The van der Waals surface area contributed by atoms with Gasteiger partial charge < -0.3 is 19.5 Å². The van der Waals surface area contributed by atoms with Crippen molar-refractivity contribution in [3.63, 3.8) is 0 Å². The average molecular weight is 339 g/mol. The standard InChI is InChI=1S/C19H20FNO3/c20-15-3-1-13(2-4-15)17-7-8-21-10-14(17)11-22-16-5-6-18-19(9-16)24-12-23-18/h1-6,9,14,17,21H,7-8,10-12H2/t14-,17?/m0/s1/i7D2,8D2,10D2,11D2,12D2. The summed E-state index contributed by atoms with van der Waals surface area (Å²) < 4.78 is 111. The van der Waals surface area contributed by atoms with Gasteiger partial charge in [-0.15, -0.1) is 0 Å². The fraction of sp³-hybridized carbons (Fsp3) is 0.368. The number of hydrogen-bond acceptors (Lipinski definition) is 4. The van der Waals surface area contributed by atoms with Gasteiger partial charge >= 0.3 is 0 Å². The van der Waals surface area contributed by atoms with Crippen LogP contribution in [0.2, 0.25) is 0 Å². The second kappa shape index (κ2) is 6.69. The van der Waals surface area contributed by atoms with E-state index in [1.54, 1.807) is 0 Å². The van der Waals surface area contributed by atoms with Gasteiger partial charge in [0.05, 0.1) is 9.30 Å². The van der Waals surface area contributed by atoms with Crippen LogP contribution in [-0.2, 0) is 0 Å². The van der Waals surface area contributed by atoms with Crippen LogP contribution in [0.3, 0.4) is 0 Å². The Hall–Kier alpha value is -2.27. The van der Waals surface area contributed by atoms with Gasteiger partial charge in [-0.3, -0.25) is 0 Å². The molecule has 2 atom stereocenters. The lowest BCUT2D eigenvalue weighted by Gasteiger charge is -2.32. The quantitative estimate of drug-likeness (QED) is 0.927. The number of halogens is 1. The second-order valence-electron chi connectivity index (χ2n) is 5.16. The highest BCUT2D eigenvalue weighted by Gasteiger charge is 2.27. The average Bonchev–Trinajstić information content (AvgIpc) is 2.97. The van der Waals surface area contributed by atoms with E-state index >= 15 is 0 Å². The predicted molar refractivity (Wildman–Crippen MR) is 88.2 cm³/mol. The van der Waals surface area contributed by atoms with Gasteiger partial charge in [-0.05, 0) is 48.6 Å². The van der Waals surface area contributed by atoms with E-state index in [1.807, 2.05) is 5.32 Å². The van der Waals surface area contributed by atoms with Crippen LogP contribution in [0.25, 0.3) is 0 Å². The Morgan fingerprint density at radius 3 is 2.92 bits per heavy atom. The molecule has 0 spiro atoms. The summed E-state index contributed by atoms with van der Waals surface area (Å²) in [6.07, 6.45) is -2.84. The molecule has 2 aromatic rings. The normalized spacial score (nSPS) is 37.5. The Labute approximate surface area is 154 Å². The maximum absolute atomic E-state index is 13.5. The van der Waals surface area contributed by atoms with Crippen LogP contribution in [-0.4, -0.2) is 26.3 Å². The minimum atomic E-state index is -2.94. The Balaban J connectivity index is 1.77. The molecule has 2 aliphatic heterocycles. The summed E-state index contributed by atoms with van der Waals surface area (Å²) >= 11 is 0. The lowest BCUT2D eigenvalue weighted by atomic mass is 9.81. The third kappa shape index (κ3) is 3.17. The molecule has 0 amide bonds. The first-order valence-corrected chi connectivity index (χ1v) is 7.21. The van der Waals surface area contributed by atoms with Crippen molar-refractivity contribution in [2.24, 2.45) is 5.92 Å². The molecule has 1 unspecified atom stereocenters. The SMILES string of the molecule is [2H]C1([2H])Oc2ccc(OC([2H])([2H])[C@H]3C(c4ccc(F)cc4)C([2H])([2H])C([2H])([2H])NC3([2H])[2H])cc2O1. The van der Waals surface area contributed by atoms with E-state index in [0.717, 1.165) is 30.3 Å². The molecular formula is C19H20FNO3. The molecule has 1 saturated heterocycles. The molecule has 0 saturated carbocycles. The number of fused-ring (bicyclic) bond motifs is 1. The second-order valence-corrected chi connectivity index (χ2v) is 5.16. The van der Waals surface area contributed by atoms with Crippen molar-refractivity contribution in [3.8, 4) is 17.2 Å². The lowest BCUT2D eigenvalue weighted by Crippen LogP contribution is -2.38. The summed E-state index contributed by atoms with van der Waals surface area (Å²) in [6.45, 7) is -11.1. The van der Waals surface area contributed by atoms with Crippen molar-refractivity contribution in [3.05, 3.63) is 53.8 Å². The molecule has 4 rings (SSSR count). The van der Waals surface area contributed by atoms with Crippen LogP contribution < -0.4 is 19.5 Å². The minimum absolute atomic E-state index is 0.0167. The van der Waals surface area contributed by atoms with E-state index in [9.17, 15) is 4.39 Å². The molecule has 2 heterocycles. The third-order valence-corrected chi connectivity index (χ3v) is 3.60. The third-order valence-electron chi connectivity index (χ3n) is 3.60. The van der Waals surface area contributed by atoms with Crippen molar-refractivity contribution < 1.29 is 32.3 Å². The molecule has 24 heavy (non-hydrogen) atoms. The maximum Gasteiger partial charge on any atom is 0.231 e. The van der Waals surface area contributed by atoms with Crippen LogP contribution in [0.1, 0.15) is 31.6 Å². The molecule has 0 radical (unpaired) electrons. The minimum Gasteiger partial charge on any atom is -0.493 e. The van der Waals surface area contributed by atoms with Crippen LogP contribution in [0.4, 0.5) is 4.39 Å². The smallest absolute Gasteiger partial charge is 0.231 e. The Morgan fingerprint density at radius 2 is 2.04 bits per heavy atom. The summed E-state index contributed by atoms with van der Waals surface area (Å²) in [7, 11) is 0. The fourth-order valence-corrected chi connectivity index (χ4v) is 2.40. The molecule has 2 aliphatic rings. The van der Waals surface area contributed by atoms with Crippen LogP contribution in [0.15, 0.2) is 42.5 Å². The maximum atomic E-state index is 13.5. The largest absolute Gasteiger partial charge is 0.493 e. The van der Waals surface area contributed by atoms with E-state index < -0.39 is 50.3 Å². The van der Waals surface area contributed by atoms with E-state index in [0.29, 0.717) is 0 Å². The van der Waals surface area contributed by atoms with Crippen LogP contribution >= 0.6 is 0 Å². The van der Waals surface area contributed by atoms with Gasteiger partial charge in [0, 0.05) is 26.7 Å². The highest BCUT2D eigenvalue weighted by atomic mass is 19.1. The number of benzene rings is 2. The highest BCUT2D eigenvalue weighted by molar-refractivity contribution is 5.46. The number of hydrogen-bond donors (Lipinski definition) is 1. The molecule has 1 N–H and O–H groups in total. The first kappa shape index (κ1) is 7.74. The van der Waals surface area contributed by atoms with Gasteiger partial charge in [0.1, 0.15) is 14.3 Å². The summed E-state index contributed by atoms with van der Waals surface area (Å²) in [5, 5.41) is 1.93. The zero-order chi connectivity index (χ0) is 25.3. The van der Waals surface area contributed by atoms with Crippen molar-refractivity contribution in [2.45, 2.75) is 12.3 Å². The Kier molecular flexibility index (Phi) is 2.16. The first-order chi connectivity index (χ1) is 15.5. The predicted octanol–water partition coefficient (Wildman–Crippen LogP) is 3.33. The number of nitrogens with one attached hydrogen (secondary N) is 1. The molecule has 0 aliphatic carbocycles. The zero-order valence-electron chi connectivity index (χ0n) is 22.3.